The van der Waals surface area contributed by atoms with Crippen LogP contribution in [0, 0.1) is 24.3 Å². The van der Waals surface area contributed by atoms with Gasteiger partial charge in [0.05, 0.1) is 12.1 Å². The van der Waals surface area contributed by atoms with Crippen molar-refractivity contribution in [2.75, 3.05) is 0 Å². The van der Waals surface area contributed by atoms with Crippen molar-refractivity contribution in [3.8, 4) is 0 Å². The molecular weight excluding hydrogens is 262 g/mol. The maximum absolute atomic E-state index is 12.3. The van der Waals surface area contributed by atoms with Crippen LogP contribution in [0.15, 0.2) is 24.3 Å². The van der Waals surface area contributed by atoms with Crippen LogP contribution in [0.5, 0.6) is 0 Å². The lowest BCUT2D eigenvalue weighted by molar-refractivity contribution is -0.0174. The summed E-state index contributed by atoms with van der Waals surface area (Å²) >= 11 is 0. The van der Waals surface area contributed by atoms with Crippen LogP contribution < -0.4 is 0 Å². The number of rotatable bonds is 3. The fourth-order valence-corrected chi connectivity index (χ4v) is 3.13. The number of hydrogen-bond donors (Lipinski definition) is 0. The van der Waals surface area contributed by atoms with Gasteiger partial charge < -0.3 is 4.74 Å². The van der Waals surface area contributed by atoms with Crippen molar-refractivity contribution < 1.29 is 9.53 Å². The molecule has 112 valence electrons. The van der Waals surface area contributed by atoms with Gasteiger partial charge in [0.1, 0.15) is 6.10 Å². The van der Waals surface area contributed by atoms with Crippen LogP contribution >= 0.6 is 0 Å². The van der Waals surface area contributed by atoms with E-state index in [0.717, 1.165) is 12.8 Å². The Morgan fingerprint density at radius 3 is 2.52 bits per heavy atom. The van der Waals surface area contributed by atoms with Gasteiger partial charge in [-0.2, -0.15) is 0 Å². The molecule has 1 fully saturated rings. The van der Waals surface area contributed by atoms with E-state index in [1.165, 1.54) is 6.42 Å². The zero-order valence-corrected chi connectivity index (χ0v) is 13.0. The van der Waals surface area contributed by atoms with Gasteiger partial charge in [-0.3, -0.25) is 0 Å². The van der Waals surface area contributed by atoms with Crippen LogP contribution in [-0.2, 0) is 4.74 Å². The van der Waals surface area contributed by atoms with E-state index in [1.807, 2.05) is 0 Å². The molecule has 0 bridgehead atoms. The second-order valence-electron chi connectivity index (χ2n) is 6.43. The second-order valence-corrected chi connectivity index (χ2v) is 6.43. The number of ether oxygens (including phenoxy) is 1. The molecule has 3 atom stereocenters. The summed E-state index contributed by atoms with van der Waals surface area (Å²) in [6.07, 6.45) is 3.32. The van der Waals surface area contributed by atoms with E-state index < -0.39 is 0 Å². The van der Waals surface area contributed by atoms with E-state index in [9.17, 15) is 4.79 Å². The topological polar surface area (TPSA) is 30.7 Å². The van der Waals surface area contributed by atoms with E-state index in [1.54, 1.807) is 24.3 Å². The number of nitrogens with zero attached hydrogens (tertiary/aromatic N) is 1. The molecule has 0 saturated heterocycles. The number of hydrogen-bond acceptors (Lipinski definition) is 2. The maximum atomic E-state index is 12.3. The van der Waals surface area contributed by atoms with Gasteiger partial charge in [0.25, 0.3) is 0 Å². The quantitative estimate of drug-likeness (QED) is 0.587. The first-order chi connectivity index (χ1) is 10.0. The van der Waals surface area contributed by atoms with Crippen molar-refractivity contribution in [3.05, 3.63) is 41.2 Å². The van der Waals surface area contributed by atoms with Crippen molar-refractivity contribution in [1.29, 1.82) is 0 Å². The van der Waals surface area contributed by atoms with Gasteiger partial charge in [0.2, 0.25) is 0 Å². The average Bonchev–Trinajstić information content (AvgIpc) is 2.47. The highest BCUT2D eigenvalue weighted by atomic mass is 16.5. The zero-order valence-electron chi connectivity index (χ0n) is 13.0. The van der Waals surface area contributed by atoms with Crippen LogP contribution in [0.1, 0.15) is 50.4 Å². The third kappa shape index (κ3) is 3.85. The largest absolute Gasteiger partial charge is 0.458 e. The molecule has 0 spiro atoms. The molecular formula is C18H23NO2. The summed E-state index contributed by atoms with van der Waals surface area (Å²) in [7, 11) is 0. The standard InChI is InChI=1S/C18H23NO2/c1-12(2)16-10-5-13(3)11-17(16)21-18(20)14-6-8-15(19-4)9-7-14/h6-9,12-13,16-17H,5,10-11H2,1-3H3/t13-,16+,17+/m1/s1. The molecule has 1 aromatic carbocycles. The van der Waals surface area contributed by atoms with Crippen molar-refractivity contribution >= 4 is 11.7 Å². The molecule has 3 heteroatoms. The average molecular weight is 285 g/mol. The maximum Gasteiger partial charge on any atom is 0.338 e. The van der Waals surface area contributed by atoms with E-state index in [4.69, 9.17) is 11.3 Å². The molecule has 1 aliphatic rings. The highest BCUT2D eigenvalue weighted by Crippen LogP contribution is 2.35. The van der Waals surface area contributed by atoms with Crippen molar-refractivity contribution in [2.45, 2.75) is 46.1 Å². The first-order valence-electron chi connectivity index (χ1n) is 7.69. The minimum Gasteiger partial charge on any atom is -0.458 e. The summed E-state index contributed by atoms with van der Waals surface area (Å²) in [5.74, 6) is 1.33. The third-order valence-electron chi connectivity index (χ3n) is 4.45. The molecule has 0 amide bonds. The van der Waals surface area contributed by atoms with Crippen molar-refractivity contribution in [1.82, 2.24) is 0 Å². The van der Waals surface area contributed by atoms with Gasteiger partial charge >= 0.3 is 5.97 Å². The van der Waals surface area contributed by atoms with E-state index in [-0.39, 0.29) is 12.1 Å². The van der Waals surface area contributed by atoms with Gasteiger partial charge in [0, 0.05) is 0 Å². The van der Waals surface area contributed by atoms with Crippen LogP contribution in [-0.4, -0.2) is 12.1 Å². The lowest BCUT2D eigenvalue weighted by Crippen LogP contribution is -2.35. The molecule has 2 rings (SSSR count). The molecule has 1 aliphatic carbocycles. The van der Waals surface area contributed by atoms with E-state index in [2.05, 4.69) is 25.6 Å². The molecule has 1 saturated carbocycles. The van der Waals surface area contributed by atoms with Crippen LogP contribution in [0.25, 0.3) is 4.85 Å². The van der Waals surface area contributed by atoms with E-state index >= 15 is 0 Å². The van der Waals surface area contributed by atoms with Crippen LogP contribution in [0.4, 0.5) is 5.69 Å². The predicted octanol–water partition coefficient (Wildman–Crippen LogP) is 4.85. The Morgan fingerprint density at radius 1 is 1.29 bits per heavy atom. The number of esters is 1. The van der Waals surface area contributed by atoms with Gasteiger partial charge in [0.15, 0.2) is 5.69 Å². The Balaban J connectivity index is 2.07. The van der Waals surface area contributed by atoms with Gasteiger partial charge in [-0.05, 0) is 30.6 Å². The molecule has 0 unspecified atom stereocenters. The van der Waals surface area contributed by atoms with Crippen molar-refractivity contribution in [3.63, 3.8) is 0 Å². The molecule has 3 nitrogen and oxygen atoms in total. The first kappa shape index (κ1) is 15.6. The summed E-state index contributed by atoms with van der Waals surface area (Å²) in [5.41, 5.74) is 1.07. The number of carbonyl (C=O) groups excluding carboxylic acids is 1. The lowest BCUT2D eigenvalue weighted by atomic mass is 9.75. The highest BCUT2D eigenvalue weighted by molar-refractivity contribution is 5.90. The molecule has 0 aromatic heterocycles. The zero-order chi connectivity index (χ0) is 15.4. The minimum absolute atomic E-state index is 0.0155. The normalized spacial score (nSPS) is 25.4. The Kier molecular flexibility index (Phi) is 5.01. The summed E-state index contributed by atoms with van der Waals surface area (Å²) in [5, 5.41) is 0. The Hall–Kier alpha value is -1.82. The predicted molar refractivity (Wildman–Crippen MR) is 83.3 cm³/mol. The molecule has 21 heavy (non-hydrogen) atoms. The highest BCUT2D eigenvalue weighted by Gasteiger charge is 2.33. The minimum atomic E-state index is -0.267. The molecule has 0 radical (unpaired) electrons. The molecule has 0 heterocycles. The summed E-state index contributed by atoms with van der Waals surface area (Å²) in [4.78, 5) is 15.6. The third-order valence-corrected chi connectivity index (χ3v) is 4.45. The summed E-state index contributed by atoms with van der Waals surface area (Å²) in [6, 6.07) is 6.67. The Bertz CT molecular complexity index is 527. The fourth-order valence-electron chi connectivity index (χ4n) is 3.13. The van der Waals surface area contributed by atoms with E-state index in [0.29, 0.717) is 29.0 Å². The summed E-state index contributed by atoms with van der Waals surface area (Å²) in [6.45, 7) is 13.6. The molecule has 0 N–H and O–H groups in total. The molecule has 0 aliphatic heterocycles. The van der Waals surface area contributed by atoms with Gasteiger partial charge in [-0.15, -0.1) is 0 Å². The number of benzene rings is 1. The lowest BCUT2D eigenvalue weighted by Gasteiger charge is -2.36. The van der Waals surface area contributed by atoms with Crippen LogP contribution in [0.3, 0.4) is 0 Å². The monoisotopic (exact) mass is 285 g/mol. The molecule has 1 aromatic rings. The number of carbonyl (C=O) groups is 1. The first-order valence-corrected chi connectivity index (χ1v) is 7.69. The smallest absolute Gasteiger partial charge is 0.338 e. The van der Waals surface area contributed by atoms with Gasteiger partial charge in [-0.25, -0.2) is 9.64 Å². The van der Waals surface area contributed by atoms with Gasteiger partial charge in [-0.1, -0.05) is 51.5 Å². The second kappa shape index (κ2) is 6.76. The van der Waals surface area contributed by atoms with Crippen LogP contribution in [0.2, 0.25) is 0 Å². The Morgan fingerprint density at radius 2 is 1.95 bits per heavy atom. The summed E-state index contributed by atoms with van der Waals surface area (Å²) < 4.78 is 5.78. The Labute approximate surface area is 127 Å². The SMILES string of the molecule is [C-]#[N+]c1ccc(C(=O)O[C@H]2C[C@H](C)CC[C@H]2C(C)C)cc1. The fraction of sp³-hybridized carbons (Fsp3) is 0.556. The van der Waals surface area contributed by atoms with Crippen molar-refractivity contribution in [2.24, 2.45) is 17.8 Å².